The zero-order valence-corrected chi connectivity index (χ0v) is 14.0. The third-order valence-corrected chi connectivity index (χ3v) is 4.71. The second kappa shape index (κ2) is 7.58. The van der Waals surface area contributed by atoms with Crippen molar-refractivity contribution < 1.29 is 22.9 Å². The van der Waals surface area contributed by atoms with E-state index in [0.717, 1.165) is 29.5 Å². The van der Waals surface area contributed by atoms with Gasteiger partial charge in [-0.3, -0.25) is 19.2 Å². The first-order chi connectivity index (χ1) is 11.3. The first-order valence-electron chi connectivity index (χ1n) is 7.38. The first-order valence-corrected chi connectivity index (χ1v) is 9.22. The smallest absolute Gasteiger partial charge is 0.271 e. The molecule has 0 radical (unpaired) electrons. The van der Waals surface area contributed by atoms with Crippen molar-refractivity contribution in [2.75, 3.05) is 30.3 Å². The summed E-state index contributed by atoms with van der Waals surface area (Å²) < 4.78 is 30.1. The van der Waals surface area contributed by atoms with Crippen LogP contribution in [0.5, 0.6) is 0 Å². The van der Waals surface area contributed by atoms with E-state index in [0.29, 0.717) is 13.2 Å². The number of nitrogens with one attached hydrogen (secondary N) is 1. The summed E-state index contributed by atoms with van der Waals surface area (Å²) >= 11 is 0. The van der Waals surface area contributed by atoms with Gasteiger partial charge in [-0.1, -0.05) is 6.07 Å². The number of nitro benzene ring substituents is 1. The maximum absolute atomic E-state index is 12.0. The zero-order valence-electron chi connectivity index (χ0n) is 13.2. The lowest BCUT2D eigenvalue weighted by Gasteiger charge is -2.22. The number of non-ortho nitro benzene ring substituents is 1. The molecule has 0 saturated carbocycles. The Labute approximate surface area is 139 Å². The Morgan fingerprint density at radius 3 is 2.83 bits per heavy atom. The van der Waals surface area contributed by atoms with Crippen molar-refractivity contribution in [1.29, 1.82) is 0 Å². The number of amides is 1. The fourth-order valence-electron chi connectivity index (χ4n) is 2.38. The van der Waals surface area contributed by atoms with Gasteiger partial charge in [0.15, 0.2) is 0 Å². The third kappa shape index (κ3) is 4.90. The number of nitrogens with zero attached hydrogens (tertiary/aromatic N) is 2. The van der Waals surface area contributed by atoms with Gasteiger partial charge in [-0.2, -0.15) is 0 Å². The van der Waals surface area contributed by atoms with E-state index in [4.69, 9.17) is 4.74 Å². The molecule has 1 fully saturated rings. The molecular weight excluding hydrogens is 338 g/mol. The molecule has 0 bridgehead atoms. The molecule has 2 rings (SSSR count). The molecule has 0 aromatic heterocycles. The van der Waals surface area contributed by atoms with Crippen LogP contribution in [-0.4, -0.2) is 51.3 Å². The van der Waals surface area contributed by atoms with E-state index in [9.17, 15) is 23.3 Å². The molecule has 132 valence electrons. The fourth-order valence-corrected chi connectivity index (χ4v) is 3.23. The van der Waals surface area contributed by atoms with Gasteiger partial charge in [0.05, 0.1) is 23.0 Å². The number of carbonyl (C=O) groups is 1. The third-order valence-electron chi connectivity index (χ3n) is 3.57. The molecular formula is C14H19N3O6S. The monoisotopic (exact) mass is 357 g/mol. The van der Waals surface area contributed by atoms with Crippen molar-refractivity contribution in [3.63, 3.8) is 0 Å². The van der Waals surface area contributed by atoms with Crippen LogP contribution in [-0.2, 0) is 19.6 Å². The summed E-state index contributed by atoms with van der Waals surface area (Å²) in [5, 5.41) is 13.5. The number of nitro groups is 1. The van der Waals surface area contributed by atoms with Crippen LogP contribution in [0.1, 0.15) is 12.8 Å². The lowest BCUT2D eigenvalue weighted by molar-refractivity contribution is -0.384. The number of benzene rings is 1. The molecule has 1 amide bonds. The average Bonchev–Trinajstić information content (AvgIpc) is 3.03. The summed E-state index contributed by atoms with van der Waals surface area (Å²) in [6, 6.07) is 5.15. The highest BCUT2D eigenvalue weighted by Gasteiger charge is 2.23. The molecule has 1 aromatic carbocycles. The van der Waals surface area contributed by atoms with Crippen molar-refractivity contribution in [3.8, 4) is 0 Å². The zero-order chi connectivity index (χ0) is 17.7. The quantitative estimate of drug-likeness (QED) is 0.565. The van der Waals surface area contributed by atoms with Gasteiger partial charge >= 0.3 is 0 Å². The Hall–Kier alpha value is -2.20. The molecule has 0 spiro atoms. The summed E-state index contributed by atoms with van der Waals surface area (Å²) in [4.78, 5) is 22.3. The van der Waals surface area contributed by atoms with Gasteiger partial charge in [-0.25, -0.2) is 8.42 Å². The number of anilines is 1. The largest absolute Gasteiger partial charge is 0.376 e. The number of ether oxygens (including phenoxy) is 1. The minimum Gasteiger partial charge on any atom is -0.376 e. The van der Waals surface area contributed by atoms with Gasteiger partial charge in [0.1, 0.15) is 6.54 Å². The highest BCUT2D eigenvalue weighted by atomic mass is 32.2. The highest BCUT2D eigenvalue weighted by Crippen LogP contribution is 2.22. The summed E-state index contributed by atoms with van der Waals surface area (Å²) in [5.74, 6) is -0.498. The van der Waals surface area contributed by atoms with E-state index in [2.05, 4.69) is 5.32 Å². The van der Waals surface area contributed by atoms with Gasteiger partial charge in [0.25, 0.3) is 5.69 Å². The van der Waals surface area contributed by atoms with Crippen molar-refractivity contribution in [3.05, 3.63) is 34.4 Å². The van der Waals surface area contributed by atoms with Crippen LogP contribution in [0.4, 0.5) is 11.4 Å². The minimum atomic E-state index is -3.77. The lowest BCUT2D eigenvalue weighted by atomic mass is 10.2. The van der Waals surface area contributed by atoms with Gasteiger partial charge in [0.2, 0.25) is 15.9 Å². The molecule has 1 aliphatic heterocycles. The summed E-state index contributed by atoms with van der Waals surface area (Å²) in [7, 11) is -3.77. The van der Waals surface area contributed by atoms with Crippen molar-refractivity contribution in [2.24, 2.45) is 0 Å². The van der Waals surface area contributed by atoms with E-state index in [1.54, 1.807) is 0 Å². The second-order valence-electron chi connectivity index (χ2n) is 5.49. The molecule has 0 aliphatic carbocycles. The Bertz CT molecular complexity index is 715. The summed E-state index contributed by atoms with van der Waals surface area (Å²) in [5.41, 5.74) is -0.181. The standard InChI is InChI=1S/C14H19N3O6S/c1-24(21,22)16(11-4-2-5-12(8-11)17(19)20)10-14(18)15-9-13-6-3-7-23-13/h2,4-5,8,13H,3,6-7,9-10H2,1H3,(H,15,18)/t13-/m0/s1. The Kier molecular flexibility index (Phi) is 5.73. The van der Waals surface area contributed by atoms with Crippen LogP contribution in [0, 0.1) is 10.1 Å². The molecule has 1 heterocycles. The van der Waals surface area contributed by atoms with Crippen LogP contribution in [0.15, 0.2) is 24.3 Å². The molecule has 0 unspecified atom stereocenters. The number of rotatable bonds is 7. The van der Waals surface area contributed by atoms with Crippen LogP contribution < -0.4 is 9.62 Å². The molecule has 1 saturated heterocycles. The first kappa shape index (κ1) is 18.1. The van der Waals surface area contributed by atoms with Gasteiger partial charge in [-0.15, -0.1) is 0 Å². The van der Waals surface area contributed by atoms with Gasteiger partial charge in [0, 0.05) is 25.3 Å². The minimum absolute atomic E-state index is 0.0570. The predicted octanol–water partition coefficient (Wildman–Crippen LogP) is 0.656. The molecule has 24 heavy (non-hydrogen) atoms. The molecule has 1 aliphatic rings. The van der Waals surface area contributed by atoms with E-state index in [-0.39, 0.29) is 17.5 Å². The maximum Gasteiger partial charge on any atom is 0.271 e. The molecule has 1 N–H and O–H groups in total. The lowest BCUT2D eigenvalue weighted by Crippen LogP contribution is -2.42. The Morgan fingerprint density at radius 2 is 2.25 bits per heavy atom. The van der Waals surface area contributed by atoms with E-state index in [1.807, 2.05) is 0 Å². The SMILES string of the molecule is CS(=O)(=O)N(CC(=O)NC[C@@H]1CCCO1)c1cccc([N+](=O)[O-])c1. The van der Waals surface area contributed by atoms with Crippen LogP contribution in [0.25, 0.3) is 0 Å². The number of hydrogen-bond acceptors (Lipinski definition) is 6. The normalized spacial score (nSPS) is 17.5. The topological polar surface area (TPSA) is 119 Å². The van der Waals surface area contributed by atoms with E-state index >= 15 is 0 Å². The van der Waals surface area contributed by atoms with Crippen molar-refractivity contribution in [2.45, 2.75) is 18.9 Å². The fraction of sp³-hybridized carbons (Fsp3) is 0.500. The number of carbonyl (C=O) groups excluding carboxylic acids is 1. The molecule has 10 heteroatoms. The molecule has 9 nitrogen and oxygen atoms in total. The average molecular weight is 357 g/mol. The second-order valence-corrected chi connectivity index (χ2v) is 7.39. The molecule has 1 aromatic rings. The van der Waals surface area contributed by atoms with Crippen LogP contribution >= 0.6 is 0 Å². The molecule has 1 atom stereocenters. The summed E-state index contributed by atoms with van der Waals surface area (Å²) in [6.45, 7) is 0.516. The number of sulfonamides is 1. The van der Waals surface area contributed by atoms with Crippen molar-refractivity contribution >= 4 is 27.3 Å². The van der Waals surface area contributed by atoms with E-state index < -0.39 is 27.4 Å². The van der Waals surface area contributed by atoms with Gasteiger partial charge < -0.3 is 10.1 Å². The Balaban J connectivity index is 2.09. The maximum atomic E-state index is 12.0. The number of hydrogen-bond donors (Lipinski definition) is 1. The van der Waals surface area contributed by atoms with Gasteiger partial charge in [-0.05, 0) is 18.9 Å². The highest BCUT2D eigenvalue weighted by molar-refractivity contribution is 7.92. The van der Waals surface area contributed by atoms with E-state index in [1.165, 1.54) is 18.2 Å². The van der Waals surface area contributed by atoms with Crippen molar-refractivity contribution in [1.82, 2.24) is 5.32 Å². The summed E-state index contributed by atoms with van der Waals surface area (Å²) in [6.07, 6.45) is 2.67. The Morgan fingerprint density at radius 1 is 1.50 bits per heavy atom. The van der Waals surface area contributed by atoms with Crippen LogP contribution in [0.3, 0.4) is 0 Å². The van der Waals surface area contributed by atoms with Crippen LogP contribution in [0.2, 0.25) is 0 Å². The predicted molar refractivity (Wildman–Crippen MR) is 87.3 cm³/mol.